The molecule has 2 aromatic carbocycles. The molecule has 1 aromatic heterocycles. The van der Waals surface area contributed by atoms with Crippen molar-refractivity contribution in [2.75, 3.05) is 31.5 Å². The number of amides is 2. The molecule has 0 saturated carbocycles. The van der Waals surface area contributed by atoms with Gasteiger partial charge < -0.3 is 10.2 Å². The molecule has 2 heterocycles. The quantitative estimate of drug-likeness (QED) is 0.481. The van der Waals surface area contributed by atoms with Crippen LogP contribution in [0, 0.1) is 6.92 Å². The van der Waals surface area contributed by atoms with E-state index in [1.54, 1.807) is 11.3 Å². The lowest BCUT2D eigenvalue weighted by Gasteiger charge is -2.35. The molecule has 0 unspecified atom stereocenters. The molecule has 0 atom stereocenters. The Kier molecular flexibility index (Phi) is 7.30. The highest BCUT2D eigenvalue weighted by molar-refractivity contribution is 7.17. The standard InChI is InChI=1S/C29H33N3O2S/c1-21-12-14-23(15-13-21)27(33)30-28-26(24-10-6-3-7-11-25(24)35-28)29(34)32-18-16-31(17-19-32)20-22-8-4-2-5-9-22/h2,4-5,8-9,12-15H,3,6-7,10-11,16-20H2,1H3,(H,30,33). The van der Waals surface area contributed by atoms with E-state index in [0.717, 1.165) is 61.4 Å². The van der Waals surface area contributed by atoms with Crippen molar-refractivity contribution in [3.63, 3.8) is 0 Å². The van der Waals surface area contributed by atoms with Crippen LogP contribution in [-0.2, 0) is 19.4 Å². The highest BCUT2D eigenvalue weighted by atomic mass is 32.1. The molecule has 5 rings (SSSR count). The number of rotatable bonds is 5. The predicted molar refractivity (Wildman–Crippen MR) is 142 cm³/mol. The molecule has 1 aliphatic heterocycles. The maximum absolute atomic E-state index is 13.9. The van der Waals surface area contributed by atoms with Crippen LogP contribution in [0.3, 0.4) is 0 Å². The van der Waals surface area contributed by atoms with Crippen molar-refractivity contribution in [3.8, 4) is 0 Å². The van der Waals surface area contributed by atoms with Crippen molar-refractivity contribution in [3.05, 3.63) is 87.3 Å². The maximum Gasteiger partial charge on any atom is 0.257 e. The van der Waals surface area contributed by atoms with Crippen molar-refractivity contribution < 1.29 is 9.59 Å². The molecule has 0 spiro atoms. The fourth-order valence-corrected chi connectivity index (χ4v) is 6.32. The van der Waals surface area contributed by atoms with Gasteiger partial charge in [-0.25, -0.2) is 0 Å². The fraction of sp³-hybridized carbons (Fsp3) is 0.379. The second-order valence-corrected chi connectivity index (χ2v) is 10.7. The fourth-order valence-electron chi connectivity index (χ4n) is 5.05. The van der Waals surface area contributed by atoms with Crippen LogP contribution in [0.15, 0.2) is 54.6 Å². The molecule has 1 aliphatic carbocycles. The number of carbonyl (C=O) groups excluding carboxylic acids is 2. The lowest BCUT2D eigenvalue weighted by atomic mass is 10.0. The largest absolute Gasteiger partial charge is 0.336 e. The van der Waals surface area contributed by atoms with Gasteiger partial charge in [0.25, 0.3) is 11.8 Å². The van der Waals surface area contributed by atoms with Gasteiger partial charge in [-0.1, -0.05) is 54.4 Å². The molecule has 6 heteroatoms. The van der Waals surface area contributed by atoms with E-state index < -0.39 is 0 Å². The first-order valence-corrected chi connectivity index (χ1v) is 13.5. The number of hydrogen-bond acceptors (Lipinski definition) is 4. The Balaban J connectivity index is 1.34. The molecule has 182 valence electrons. The zero-order valence-electron chi connectivity index (χ0n) is 20.4. The smallest absolute Gasteiger partial charge is 0.257 e. The van der Waals surface area contributed by atoms with E-state index in [0.29, 0.717) is 18.7 Å². The molecule has 3 aromatic rings. The molecule has 1 fully saturated rings. The van der Waals surface area contributed by atoms with E-state index in [4.69, 9.17) is 0 Å². The molecule has 2 amide bonds. The zero-order chi connectivity index (χ0) is 24.2. The number of carbonyl (C=O) groups is 2. The van der Waals surface area contributed by atoms with Gasteiger partial charge in [0.2, 0.25) is 0 Å². The molecule has 0 radical (unpaired) electrons. The first kappa shape index (κ1) is 23.8. The van der Waals surface area contributed by atoms with E-state index in [9.17, 15) is 9.59 Å². The van der Waals surface area contributed by atoms with Gasteiger partial charge in [-0.3, -0.25) is 14.5 Å². The summed E-state index contributed by atoms with van der Waals surface area (Å²) >= 11 is 1.61. The molecule has 2 aliphatic rings. The summed E-state index contributed by atoms with van der Waals surface area (Å²) in [6.45, 7) is 6.06. The van der Waals surface area contributed by atoms with Crippen LogP contribution in [0.1, 0.15) is 61.5 Å². The average molecular weight is 488 g/mol. The highest BCUT2D eigenvalue weighted by Gasteiger charge is 2.30. The molecule has 35 heavy (non-hydrogen) atoms. The summed E-state index contributed by atoms with van der Waals surface area (Å²) in [5.74, 6) is -0.0777. The zero-order valence-corrected chi connectivity index (χ0v) is 21.2. The van der Waals surface area contributed by atoms with E-state index in [1.807, 2.05) is 42.2 Å². The van der Waals surface area contributed by atoms with E-state index in [-0.39, 0.29) is 11.8 Å². The van der Waals surface area contributed by atoms with Crippen LogP contribution < -0.4 is 5.32 Å². The minimum atomic E-state index is -0.150. The van der Waals surface area contributed by atoms with Crippen LogP contribution in [0.2, 0.25) is 0 Å². The van der Waals surface area contributed by atoms with Gasteiger partial charge in [-0.05, 0) is 55.9 Å². The Hall–Kier alpha value is -2.96. The van der Waals surface area contributed by atoms with Crippen molar-refractivity contribution >= 4 is 28.2 Å². The molecule has 5 nitrogen and oxygen atoms in total. The molecular formula is C29H33N3O2S. The van der Waals surface area contributed by atoms with Gasteiger partial charge in [-0.15, -0.1) is 11.3 Å². The second kappa shape index (κ2) is 10.8. The topological polar surface area (TPSA) is 52.7 Å². The number of aryl methyl sites for hydroxylation is 2. The monoisotopic (exact) mass is 487 g/mol. The van der Waals surface area contributed by atoms with Crippen molar-refractivity contribution in [2.45, 2.75) is 45.6 Å². The van der Waals surface area contributed by atoms with Crippen molar-refractivity contribution in [2.24, 2.45) is 0 Å². The van der Waals surface area contributed by atoms with Crippen LogP contribution in [0.4, 0.5) is 5.00 Å². The third kappa shape index (κ3) is 5.49. The number of anilines is 1. The van der Waals surface area contributed by atoms with Gasteiger partial charge in [-0.2, -0.15) is 0 Å². The van der Waals surface area contributed by atoms with E-state index in [2.05, 4.69) is 34.5 Å². The maximum atomic E-state index is 13.9. The van der Waals surface area contributed by atoms with E-state index >= 15 is 0 Å². The minimum Gasteiger partial charge on any atom is -0.336 e. The van der Waals surface area contributed by atoms with Crippen LogP contribution in [0.25, 0.3) is 0 Å². The molecule has 1 N–H and O–H groups in total. The van der Waals surface area contributed by atoms with Gasteiger partial charge in [0.05, 0.1) is 5.56 Å². The average Bonchev–Trinajstić information content (AvgIpc) is 3.04. The molecular weight excluding hydrogens is 454 g/mol. The van der Waals surface area contributed by atoms with Gasteiger partial charge in [0, 0.05) is 43.2 Å². The minimum absolute atomic E-state index is 0.0722. The lowest BCUT2D eigenvalue weighted by molar-refractivity contribution is 0.0629. The number of nitrogens with zero attached hydrogens (tertiary/aromatic N) is 2. The Labute approximate surface area is 211 Å². The van der Waals surface area contributed by atoms with Gasteiger partial charge >= 0.3 is 0 Å². The summed E-state index contributed by atoms with van der Waals surface area (Å²) in [7, 11) is 0. The number of piperazine rings is 1. The summed E-state index contributed by atoms with van der Waals surface area (Å²) in [6.07, 6.45) is 5.34. The first-order valence-electron chi connectivity index (χ1n) is 12.7. The SMILES string of the molecule is Cc1ccc(C(=O)Nc2sc3c(c2C(=O)N2CCN(Cc4ccccc4)CC2)CCCCC3)cc1. The van der Waals surface area contributed by atoms with Crippen molar-refractivity contribution in [1.82, 2.24) is 9.80 Å². The van der Waals surface area contributed by atoms with Gasteiger partial charge in [0.15, 0.2) is 0 Å². The number of thiophene rings is 1. The third-order valence-corrected chi connectivity index (χ3v) is 8.29. The number of hydrogen-bond donors (Lipinski definition) is 1. The third-order valence-electron chi connectivity index (χ3n) is 7.08. The van der Waals surface area contributed by atoms with Crippen molar-refractivity contribution in [1.29, 1.82) is 0 Å². The summed E-state index contributed by atoms with van der Waals surface area (Å²) in [5.41, 5.74) is 4.95. The molecule has 0 bridgehead atoms. The van der Waals surface area contributed by atoms with Gasteiger partial charge in [0.1, 0.15) is 5.00 Å². The molecule has 1 saturated heterocycles. The van der Waals surface area contributed by atoms with Crippen LogP contribution in [0.5, 0.6) is 0 Å². The summed E-state index contributed by atoms with van der Waals surface area (Å²) in [5, 5.41) is 3.83. The Morgan fingerprint density at radius 1 is 0.886 bits per heavy atom. The summed E-state index contributed by atoms with van der Waals surface area (Å²) < 4.78 is 0. The Bertz CT molecular complexity index is 1180. The second-order valence-electron chi connectivity index (χ2n) is 9.64. The normalized spacial score (nSPS) is 16.4. The predicted octanol–water partition coefficient (Wildman–Crippen LogP) is 5.54. The summed E-state index contributed by atoms with van der Waals surface area (Å²) in [6, 6.07) is 18.1. The number of fused-ring (bicyclic) bond motifs is 1. The number of nitrogens with one attached hydrogen (secondary N) is 1. The van der Waals surface area contributed by atoms with E-state index in [1.165, 1.54) is 22.4 Å². The Morgan fingerprint density at radius 3 is 2.34 bits per heavy atom. The first-order chi connectivity index (χ1) is 17.1. The van der Waals surface area contributed by atoms with Crippen LogP contribution >= 0.6 is 11.3 Å². The van der Waals surface area contributed by atoms with Crippen LogP contribution in [-0.4, -0.2) is 47.8 Å². The lowest BCUT2D eigenvalue weighted by Crippen LogP contribution is -2.48. The highest BCUT2D eigenvalue weighted by Crippen LogP contribution is 2.38. The summed E-state index contributed by atoms with van der Waals surface area (Å²) in [4.78, 5) is 32.6. The number of benzene rings is 2. The Morgan fingerprint density at radius 2 is 1.60 bits per heavy atom.